The summed E-state index contributed by atoms with van der Waals surface area (Å²) >= 11 is 0. The molecule has 4 N–H and O–H groups in total. The Labute approximate surface area is 195 Å². The molecule has 1 saturated carbocycles. The topological polar surface area (TPSA) is 125 Å². The van der Waals surface area contributed by atoms with E-state index in [0.717, 1.165) is 31.2 Å². The predicted molar refractivity (Wildman–Crippen MR) is 122 cm³/mol. The van der Waals surface area contributed by atoms with Crippen LogP contribution in [0.3, 0.4) is 0 Å². The lowest BCUT2D eigenvalue weighted by Crippen LogP contribution is -2.22. The number of halogens is 3. The van der Waals surface area contributed by atoms with E-state index in [2.05, 4.69) is 19.9 Å². The first kappa shape index (κ1) is 25.0. The van der Waals surface area contributed by atoms with E-state index in [1.165, 1.54) is 32.1 Å². The van der Waals surface area contributed by atoms with Gasteiger partial charge >= 0.3 is 0 Å². The number of nitrogens with two attached hydrogens (primary N) is 2. The summed E-state index contributed by atoms with van der Waals surface area (Å²) in [5.74, 6) is -2.06. The van der Waals surface area contributed by atoms with Crippen LogP contribution in [0.15, 0.2) is 35.7 Å². The molecule has 0 atom stereocenters. The van der Waals surface area contributed by atoms with Crippen molar-refractivity contribution >= 4 is 23.5 Å². The zero-order valence-corrected chi connectivity index (χ0v) is 18.7. The number of aliphatic imine (C=N–C) groups is 1. The number of benzene rings is 1. The monoisotopic (exact) mass is 473 g/mol. The van der Waals surface area contributed by atoms with E-state index in [9.17, 15) is 18.0 Å². The van der Waals surface area contributed by atoms with Crippen molar-refractivity contribution < 1.29 is 18.0 Å². The van der Waals surface area contributed by atoms with Gasteiger partial charge < -0.3 is 16.0 Å². The van der Waals surface area contributed by atoms with Crippen LogP contribution in [0, 0.1) is 17.5 Å². The highest BCUT2D eigenvalue weighted by molar-refractivity contribution is 6.20. The van der Waals surface area contributed by atoms with Crippen molar-refractivity contribution in [3.05, 3.63) is 65.4 Å². The van der Waals surface area contributed by atoms with Crippen molar-refractivity contribution in [2.75, 3.05) is 5.73 Å². The van der Waals surface area contributed by atoms with Crippen LogP contribution in [-0.2, 0) is 6.54 Å². The highest BCUT2D eigenvalue weighted by atomic mass is 19.1. The highest BCUT2D eigenvalue weighted by Crippen LogP contribution is 2.35. The van der Waals surface area contributed by atoms with E-state index < -0.39 is 17.5 Å². The Balaban J connectivity index is 0.000000168. The number of aldehydes is 1. The fourth-order valence-corrected chi connectivity index (χ4v) is 3.48. The molecule has 11 heteroatoms. The van der Waals surface area contributed by atoms with Gasteiger partial charge in [0.05, 0.1) is 6.20 Å². The molecule has 0 amide bonds. The summed E-state index contributed by atoms with van der Waals surface area (Å²) in [6.07, 6.45) is 11.7. The van der Waals surface area contributed by atoms with Gasteiger partial charge in [-0.1, -0.05) is 19.3 Å². The number of carbonyl (C=O) groups is 1. The third kappa shape index (κ3) is 6.04. The molecule has 0 unspecified atom stereocenters. The molecule has 8 nitrogen and oxygen atoms in total. The molecule has 3 heterocycles. The fraction of sp³-hybridized carbons (Fsp3) is 0.348. The molecular weight excluding hydrogens is 447 g/mol. The van der Waals surface area contributed by atoms with Crippen molar-refractivity contribution in [3.63, 3.8) is 0 Å². The minimum absolute atomic E-state index is 0.0337. The normalized spacial score (nSPS) is 14.4. The lowest BCUT2D eigenvalue weighted by Gasteiger charge is -2.17. The number of hydrogen-bond donors (Lipinski definition) is 2. The predicted octanol–water partition coefficient (Wildman–Crippen LogP) is 3.95. The first-order valence-corrected chi connectivity index (χ1v) is 10.9. The van der Waals surface area contributed by atoms with Crippen LogP contribution in [0.1, 0.15) is 61.0 Å². The molecule has 2 aromatic heterocycles. The van der Waals surface area contributed by atoms with Gasteiger partial charge in [0.25, 0.3) is 0 Å². The van der Waals surface area contributed by atoms with Crippen LogP contribution in [-0.4, -0.2) is 37.6 Å². The Kier molecular flexibility index (Phi) is 8.47. The van der Waals surface area contributed by atoms with Gasteiger partial charge in [0.1, 0.15) is 17.2 Å². The molecule has 1 aliphatic heterocycles. The largest absolute Gasteiger partial charge is 0.381 e. The smallest absolute Gasteiger partial charge is 0.185 e. The van der Waals surface area contributed by atoms with Crippen LogP contribution in [0.2, 0.25) is 0 Å². The van der Waals surface area contributed by atoms with Crippen LogP contribution in [0.5, 0.6) is 0 Å². The number of aryl methyl sites for hydroxylation is 1. The molecule has 5 rings (SSSR count). The van der Waals surface area contributed by atoms with E-state index in [1.807, 2.05) is 6.92 Å². The number of aromatic nitrogens is 4. The zero-order chi connectivity index (χ0) is 24.7. The second-order valence-electron chi connectivity index (χ2n) is 7.76. The summed E-state index contributed by atoms with van der Waals surface area (Å²) < 4.78 is 41.0. The Bertz CT molecular complexity index is 1170. The molecule has 2 aliphatic rings. The molecule has 0 radical (unpaired) electrons. The van der Waals surface area contributed by atoms with E-state index in [1.54, 1.807) is 17.0 Å². The molecule has 1 aliphatic carbocycles. The summed E-state index contributed by atoms with van der Waals surface area (Å²) in [5.41, 5.74) is 11.4. The number of imidazole rings is 1. The maximum atomic E-state index is 13.3. The quantitative estimate of drug-likeness (QED) is 0.434. The number of fused-ring (bicyclic) bond motifs is 1. The van der Waals surface area contributed by atoms with Gasteiger partial charge in [-0.05, 0) is 25.8 Å². The average molecular weight is 474 g/mol. The molecular formula is C23H26F3N7O. The number of carbonyl (C=O) groups excluding carboxylic acids is 1. The average Bonchev–Trinajstić information content (AvgIpc) is 3.28. The van der Waals surface area contributed by atoms with E-state index >= 15 is 0 Å². The maximum Gasteiger partial charge on any atom is 0.185 e. The number of anilines is 1. The standard InChI is InChI=1S/C11H5F3N4.C6H8N2O.C6H13N/c12-4-1-5-8(6(13)2-4)17-9(5)11-16-3-7(14)10(15)18-11;1-2-8-4-3-7-6(8)5-9;7-6-4-2-1-3-5-6/h1-3H,(H2,15,16,18);3-5H,2H2,1H3;6H,1-5,7H2. The lowest BCUT2D eigenvalue weighted by molar-refractivity contribution is 0.111. The van der Waals surface area contributed by atoms with Crippen LogP contribution in [0.25, 0.3) is 0 Å². The van der Waals surface area contributed by atoms with Gasteiger partial charge in [-0.25, -0.2) is 33.1 Å². The Morgan fingerprint density at radius 2 is 1.85 bits per heavy atom. The Morgan fingerprint density at radius 3 is 2.41 bits per heavy atom. The molecule has 3 aromatic rings. The van der Waals surface area contributed by atoms with Crippen LogP contribution < -0.4 is 11.5 Å². The summed E-state index contributed by atoms with van der Waals surface area (Å²) in [4.78, 5) is 25.1. The van der Waals surface area contributed by atoms with Crippen molar-refractivity contribution in [3.8, 4) is 0 Å². The Hall–Kier alpha value is -3.60. The number of hydrogen-bond acceptors (Lipinski definition) is 7. The number of nitrogen functional groups attached to an aromatic ring is 1. The Morgan fingerprint density at radius 1 is 1.12 bits per heavy atom. The summed E-state index contributed by atoms with van der Waals surface area (Å²) in [6.45, 7) is 2.77. The molecule has 180 valence electrons. The second-order valence-corrected chi connectivity index (χ2v) is 7.76. The van der Waals surface area contributed by atoms with Crippen LogP contribution >= 0.6 is 0 Å². The minimum Gasteiger partial charge on any atom is -0.381 e. The lowest BCUT2D eigenvalue weighted by atomic mass is 9.97. The fourth-order valence-electron chi connectivity index (χ4n) is 3.48. The highest BCUT2D eigenvalue weighted by Gasteiger charge is 2.27. The maximum absolute atomic E-state index is 13.3. The first-order valence-electron chi connectivity index (χ1n) is 10.9. The van der Waals surface area contributed by atoms with Crippen molar-refractivity contribution in [1.82, 2.24) is 19.5 Å². The van der Waals surface area contributed by atoms with Crippen molar-refractivity contribution in [1.29, 1.82) is 0 Å². The van der Waals surface area contributed by atoms with Gasteiger partial charge in [-0.3, -0.25) is 4.79 Å². The molecule has 34 heavy (non-hydrogen) atoms. The van der Waals surface area contributed by atoms with Crippen LogP contribution in [0.4, 0.5) is 24.7 Å². The van der Waals surface area contributed by atoms with E-state index in [0.29, 0.717) is 11.9 Å². The summed E-state index contributed by atoms with van der Waals surface area (Å²) in [7, 11) is 0. The van der Waals surface area contributed by atoms with Crippen molar-refractivity contribution in [2.24, 2.45) is 10.7 Å². The minimum atomic E-state index is -0.760. The van der Waals surface area contributed by atoms with Crippen molar-refractivity contribution in [2.45, 2.75) is 51.6 Å². The van der Waals surface area contributed by atoms with Gasteiger partial charge in [0.2, 0.25) is 0 Å². The van der Waals surface area contributed by atoms with Gasteiger partial charge in [-0.2, -0.15) is 0 Å². The van der Waals surface area contributed by atoms with E-state index in [-0.39, 0.29) is 28.6 Å². The molecule has 1 fully saturated rings. The number of nitrogens with zero attached hydrogens (tertiary/aromatic N) is 5. The first-order chi connectivity index (χ1) is 16.3. The van der Waals surface area contributed by atoms with Gasteiger partial charge in [-0.15, -0.1) is 0 Å². The van der Waals surface area contributed by atoms with Gasteiger partial charge in [0.15, 0.2) is 35.4 Å². The molecule has 1 aromatic carbocycles. The molecule has 0 spiro atoms. The summed E-state index contributed by atoms with van der Waals surface area (Å²) in [6, 6.07) is 2.39. The zero-order valence-electron chi connectivity index (χ0n) is 18.7. The second kappa shape index (κ2) is 11.5. The van der Waals surface area contributed by atoms with Gasteiger partial charge in [0, 0.05) is 36.6 Å². The third-order valence-electron chi connectivity index (χ3n) is 5.33. The number of rotatable bonds is 3. The SMILES string of the molecule is CCn1ccnc1C=O.NC1CCCCC1.Nc1nc(C2=Nc3c(F)cc(F)cc32)ncc1F. The third-order valence-corrected chi connectivity index (χ3v) is 5.33. The molecule has 0 bridgehead atoms. The van der Waals surface area contributed by atoms with E-state index in [4.69, 9.17) is 11.5 Å². The summed E-state index contributed by atoms with van der Waals surface area (Å²) in [5, 5.41) is 0. The molecule has 0 saturated heterocycles.